The number of likely N-dealkylation sites (N-methyl/N-ethyl adjacent to an activating group) is 1. The van der Waals surface area contributed by atoms with E-state index in [1.807, 2.05) is 42.1 Å². The van der Waals surface area contributed by atoms with Gasteiger partial charge in [-0.15, -0.1) is 0 Å². The maximum absolute atomic E-state index is 14.6. The molecule has 4 atom stereocenters. The van der Waals surface area contributed by atoms with Gasteiger partial charge in [0.1, 0.15) is 23.8 Å². The molecule has 49 heavy (non-hydrogen) atoms. The molecule has 4 aliphatic rings. The second-order valence-corrected chi connectivity index (χ2v) is 14.1. The number of ether oxygens (including phenoxy) is 1. The van der Waals surface area contributed by atoms with Crippen LogP contribution in [0.2, 0.25) is 5.02 Å². The summed E-state index contributed by atoms with van der Waals surface area (Å²) in [4.78, 5) is 33.1. The summed E-state index contributed by atoms with van der Waals surface area (Å²) < 4.78 is 64.1. The molecule has 2 aliphatic heterocycles. The fourth-order valence-corrected chi connectivity index (χ4v) is 8.20. The van der Waals surface area contributed by atoms with E-state index in [0.717, 1.165) is 16.6 Å². The number of carbonyl (C=O) groups is 1. The molecule has 2 saturated carbocycles. The van der Waals surface area contributed by atoms with Gasteiger partial charge in [-0.2, -0.15) is 9.97 Å². The molecule has 0 radical (unpaired) electrons. The molecule has 2 aromatic carbocycles. The van der Waals surface area contributed by atoms with Crippen LogP contribution in [0.15, 0.2) is 42.7 Å². The molecule has 1 saturated heterocycles. The number of hydrogen-bond donors (Lipinski definition) is 0. The van der Waals surface area contributed by atoms with Crippen LogP contribution in [0.25, 0.3) is 15.6 Å². The summed E-state index contributed by atoms with van der Waals surface area (Å²) in [7, 11) is 3.69. The number of hydrogen-bond acceptors (Lipinski definition) is 7. The predicted octanol–water partition coefficient (Wildman–Crippen LogP) is 5.90. The summed E-state index contributed by atoms with van der Waals surface area (Å²) in [6.07, 6.45) is 0.234. The predicted molar refractivity (Wildman–Crippen MR) is 178 cm³/mol. The van der Waals surface area contributed by atoms with Crippen LogP contribution in [-0.4, -0.2) is 96.6 Å². The molecule has 1 amide bonds. The van der Waals surface area contributed by atoms with Crippen molar-refractivity contribution in [3.63, 3.8) is 0 Å². The van der Waals surface area contributed by atoms with Gasteiger partial charge in [0.2, 0.25) is 6.54 Å². The zero-order chi connectivity index (χ0) is 34.8. The topological polar surface area (TPSA) is 69.4 Å². The Labute approximate surface area is 286 Å². The number of benzene rings is 2. The van der Waals surface area contributed by atoms with Crippen LogP contribution < -0.4 is 14.5 Å². The van der Waals surface area contributed by atoms with Crippen molar-refractivity contribution in [2.24, 2.45) is 5.41 Å². The molecule has 3 aromatic rings. The summed E-state index contributed by atoms with van der Waals surface area (Å²) >= 11 is 6.49. The van der Waals surface area contributed by atoms with Gasteiger partial charge in [0.15, 0.2) is 5.83 Å². The first-order valence-corrected chi connectivity index (χ1v) is 16.7. The average molecular weight is 698 g/mol. The molecule has 7 rings (SSSR count). The molecule has 9 nitrogen and oxygen atoms in total. The Kier molecular flexibility index (Phi) is 8.38. The first kappa shape index (κ1) is 33.4. The van der Waals surface area contributed by atoms with Crippen LogP contribution in [0.3, 0.4) is 0 Å². The van der Waals surface area contributed by atoms with Gasteiger partial charge in [0, 0.05) is 60.7 Å². The summed E-state index contributed by atoms with van der Waals surface area (Å²) in [6.45, 7) is 12.1. The molecule has 1 spiro atoms. The Morgan fingerprint density at radius 1 is 1.16 bits per heavy atom. The van der Waals surface area contributed by atoms with E-state index in [9.17, 15) is 22.4 Å². The molecule has 0 N–H and O–H groups in total. The van der Waals surface area contributed by atoms with Crippen LogP contribution >= 0.6 is 11.6 Å². The molecular weight excluding hydrogens is 662 g/mol. The molecule has 14 heteroatoms. The van der Waals surface area contributed by atoms with Crippen LogP contribution in [0.4, 0.5) is 29.1 Å². The second-order valence-electron chi connectivity index (χ2n) is 13.8. The Balaban J connectivity index is 1.26. The van der Waals surface area contributed by atoms with E-state index in [4.69, 9.17) is 32.9 Å². The van der Waals surface area contributed by atoms with Gasteiger partial charge in [-0.25, -0.2) is 24.1 Å². The number of alkyl halides is 2. The van der Waals surface area contributed by atoms with Crippen molar-refractivity contribution < 1.29 is 27.1 Å². The highest BCUT2D eigenvalue weighted by Crippen LogP contribution is 2.69. The maximum Gasteiger partial charge on any atom is 0.319 e. The smallest absolute Gasteiger partial charge is 0.319 e. The van der Waals surface area contributed by atoms with Crippen LogP contribution in [-0.2, 0) is 17.8 Å². The summed E-state index contributed by atoms with van der Waals surface area (Å²) in [5.41, 5.74) is 1.14. The van der Waals surface area contributed by atoms with Gasteiger partial charge in [-0.1, -0.05) is 36.4 Å². The van der Waals surface area contributed by atoms with E-state index in [1.165, 1.54) is 11.0 Å². The molecule has 2 unspecified atom stereocenters. The highest BCUT2D eigenvalue weighted by atomic mass is 35.5. The first-order valence-electron chi connectivity index (χ1n) is 16.3. The van der Waals surface area contributed by atoms with Crippen molar-refractivity contribution in [2.45, 2.75) is 56.3 Å². The van der Waals surface area contributed by atoms with Crippen LogP contribution in [0.5, 0.6) is 6.01 Å². The molecule has 3 heterocycles. The van der Waals surface area contributed by atoms with Crippen molar-refractivity contribution in [2.75, 3.05) is 56.6 Å². The Hall–Kier alpha value is -4.15. The number of nitrogens with zero attached hydrogens (tertiary/aromatic N) is 7. The molecule has 2 aliphatic carbocycles. The van der Waals surface area contributed by atoms with Gasteiger partial charge in [0.25, 0.3) is 11.8 Å². The lowest BCUT2D eigenvalue weighted by Gasteiger charge is -2.41. The van der Waals surface area contributed by atoms with Crippen molar-refractivity contribution in [3.8, 4) is 6.01 Å². The van der Waals surface area contributed by atoms with Crippen LogP contribution in [0.1, 0.15) is 30.5 Å². The van der Waals surface area contributed by atoms with Crippen molar-refractivity contribution in [1.29, 1.82) is 0 Å². The Bertz CT molecular complexity index is 1890. The molecule has 3 fully saturated rings. The number of anilines is 2. The highest BCUT2D eigenvalue weighted by molar-refractivity contribution is 6.36. The molecular formula is C35H36ClF4N7O2. The number of piperazine rings is 1. The monoisotopic (exact) mass is 697 g/mol. The lowest BCUT2D eigenvalue weighted by molar-refractivity contribution is -0.131. The quantitative estimate of drug-likeness (QED) is 0.173. The summed E-state index contributed by atoms with van der Waals surface area (Å²) in [6, 6.07) is 7.83. The van der Waals surface area contributed by atoms with Crippen molar-refractivity contribution in [3.05, 3.63) is 76.3 Å². The lowest BCUT2D eigenvalue weighted by atomic mass is 10.0. The van der Waals surface area contributed by atoms with Gasteiger partial charge >= 0.3 is 6.01 Å². The first-order chi connectivity index (χ1) is 23.3. The summed E-state index contributed by atoms with van der Waals surface area (Å²) in [5.74, 6) is -4.62. The summed E-state index contributed by atoms with van der Waals surface area (Å²) in [5, 5.41) is 1.41. The molecule has 258 valence electrons. The maximum atomic E-state index is 14.6. The second kappa shape index (κ2) is 12.3. The number of aromatic nitrogens is 2. The third-order valence-electron chi connectivity index (χ3n) is 10.6. The number of amides is 1. The Morgan fingerprint density at radius 3 is 2.63 bits per heavy atom. The third kappa shape index (κ3) is 5.82. The van der Waals surface area contributed by atoms with Gasteiger partial charge in [-0.3, -0.25) is 4.79 Å². The highest BCUT2D eigenvalue weighted by Gasteiger charge is 2.75. The molecule has 0 bridgehead atoms. The van der Waals surface area contributed by atoms with E-state index < -0.39 is 41.0 Å². The van der Waals surface area contributed by atoms with E-state index in [2.05, 4.69) is 16.3 Å². The number of rotatable bonds is 7. The average Bonchev–Trinajstić information content (AvgIpc) is 3.40. The van der Waals surface area contributed by atoms with Gasteiger partial charge < -0.3 is 29.2 Å². The fourth-order valence-electron chi connectivity index (χ4n) is 7.93. The third-order valence-corrected chi connectivity index (χ3v) is 11.0. The standard InChI is InChI=1S/C35H36ClF4N7O2/c1-20(37)32(48)47-13-12-46(17-22(47)16-41-2)31-23-10-11-45(26-7-5-6-21-8-9-24(38)30(36)29(21)26)18-25(23)42-33(43-31)49-28-15-34(19-35(34,39)40)14-27(28)44(3)4/h5-9,22,27-28H,1,10-19H2,3-4H3/t22?,27-,28-,34?/m1/s1. The van der Waals surface area contributed by atoms with Crippen LogP contribution in [0, 0.1) is 17.8 Å². The van der Waals surface area contributed by atoms with Gasteiger partial charge in [-0.05, 0) is 50.9 Å². The van der Waals surface area contributed by atoms with E-state index in [-0.39, 0.29) is 49.6 Å². The minimum Gasteiger partial charge on any atom is -0.458 e. The number of halogens is 5. The minimum absolute atomic E-state index is 0.0299. The number of fused-ring (bicyclic) bond motifs is 2. The molecule has 1 aromatic heterocycles. The lowest BCUT2D eigenvalue weighted by Crippen LogP contribution is -2.57. The van der Waals surface area contributed by atoms with Gasteiger partial charge in [0.05, 0.1) is 17.3 Å². The number of carbonyl (C=O) groups excluding carboxylic acids is 1. The zero-order valence-corrected chi connectivity index (χ0v) is 28.0. The van der Waals surface area contributed by atoms with Crippen molar-refractivity contribution in [1.82, 2.24) is 19.8 Å². The SMILES string of the molecule is [C-]#[N+]CC1CN(c2nc(O[C@@H]3CC4(C[C@H]3N(C)C)CC4(F)F)nc3c2CCN(c2cccc4ccc(F)c(Cl)c24)C3)CCN1C(=O)C(=C)F. The minimum atomic E-state index is -2.74. The van der Waals surface area contributed by atoms with E-state index >= 15 is 0 Å². The van der Waals surface area contributed by atoms with E-state index in [1.54, 1.807) is 6.07 Å². The zero-order valence-electron chi connectivity index (χ0n) is 27.2. The fraction of sp³-hybridized carbons (Fsp3) is 0.486. The largest absolute Gasteiger partial charge is 0.458 e. The Morgan fingerprint density at radius 2 is 1.94 bits per heavy atom. The normalized spacial score (nSPS) is 25.9. The van der Waals surface area contributed by atoms with E-state index in [0.29, 0.717) is 49.4 Å². The van der Waals surface area contributed by atoms with Crippen molar-refractivity contribution >= 4 is 39.8 Å².